The number of carbonyl (C=O) groups excluding carboxylic acids is 1. The number of likely N-dealkylation sites (N-methyl/N-ethyl adjacent to an activating group) is 1. The van der Waals surface area contributed by atoms with Gasteiger partial charge in [0.15, 0.2) is 0 Å². The number of ether oxygens (including phenoxy) is 1. The Morgan fingerprint density at radius 1 is 1.32 bits per heavy atom. The maximum atomic E-state index is 11.7. The molecular weight excluding hydrogens is 240 g/mol. The average molecular weight is 264 g/mol. The first kappa shape index (κ1) is 15.5. The molecule has 0 aromatic heterocycles. The van der Waals surface area contributed by atoms with Crippen molar-refractivity contribution in [2.24, 2.45) is 5.73 Å². The van der Waals surface area contributed by atoms with E-state index in [-0.39, 0.29) is 12.5 Å². The number of hydrogen-bond acceptors (Lipinski definition) is 3. The summed E-state index contributed by atoms with van der Waals surface area (Å²) in [7, 11) is 1.75. The average Bonchev–Trinajstić information content (AvgIpc) is 2.37. The molecule has 0 aliphatic rings. The summed E-state index contributed by atoms with van der Waals surface area (Å²) < 4.78 is 5.70. The number of benzene rings is 1. The van der Waals surface area contributed by atoms with Crippen LogP contribution in [0.15, 0.2) is 12.1 Å². The topological polar surface area (TPSA) is 55.6 Å². The molecule has 0 atom stereocenters. The van der Waals surface area contributed by atoms with Crippen LogP contribution in [0.3, 0.4) is 0 Å². The van der Waals surface area contributed by atoms with Crippen LogP contribution < -0.4 is 15.4 Å². The van der Waals surface area contributed by atoms with E-state index >= 15 is 0 Å². The van der Waals surface area contributed by atoms with Crippen LogP contribution in [0.25, 0.3) is 0 Å². The number of unbranched alkanes of at least 4 members (excludes halogenated alkanes) is 1. The van der Waals surface area contributed by atoms with Crippen molar-refractivity contribution < 1.29 is 9.53 Å². The molecule has 106 valence electrons. The number of carbonyl (C=O) groups is 1. The van der Waals surface area contributed by atoms with Crippen LogP contribution >= 0.6 is 0 Å². The van der Waals surface area contributed by atoms with Crippen LogP contribution in [-0.2, 0) is 4.79 Å². The summed E-state index contributed by atoms with van der Waals surface area (Å²) in [5.41, 5.74) is 8.37. The van der Waals surface area contributed by atoms with Gasteiger partial charge in [0.25, 0.3) is 0 Å². The summed E-state index contributed by atoms with van der Waals surface area (Å²) in [6.45, 7) is 6.84. The Balaban J connectivity index is 2.94. The fourth-order valence-corrected chi connectivity index (χ4v) is 2.12. The van der Waals surface area contributed by atoms with Gasteiger partial charge in [-0.15, -0.1) is 0 Å². The number of hydrogen-bond donors (Lipinski definition) is 1. The lowest BCUT2D eigenvalue weighted by Crippen LogP contribution is -2.33. The number of anilines is 1. The third kappa shape index (κ3) is 3.96. The quantitative estimate of drug-likeness (QED) is 0.803. The third-order valence-electron chi connectivity index (χ3n) is 3.12. The Bertz CT molecular complexity index is 421. The molecule has 0 radical (unpaired) electrons. The van der Waals surface area contributed by atoms with Gasteiger partial charge in [0.2, 0.25) is 5.91 Å². The summed E-state index contributed by atoms with van der Waals surface area (Å²) in [4.78, 5) is 13.3. The first-order valence-corrected chi connectivity index (χ1v) is 6.71. The smallest absolute Gasteiger partial charge is 0.240 e. The summed E-state index contributed by atoms with van der Waals surface area (Å²) in [5.74, 6) is 0.770. The van der Waals surface area contributed by atoms with Crippen molar-refractivity contribution in [3.8, 4) is 5.75 Å². The van der Waals surface area contributed by atoms with Gasteiger partial charge in [-0.2, -0.15) is 0 Å². The zero-order valence-electron chi connectivity index (χ0n) is 12.3. The minimum Gasteiger partial charge on any atom is -0.494 e. The molecule has 0 spiro atoms. The van der Waals surface area contributed by atoms with Gasteiger partial charge in [-0.3, -0.25) is 4.79 Å². The van der Waals surface area contributed by atoms with E-state index in [4.69, 9.17) is 10.5 Å². The van der Waals surface area contributed by atoms with Crippen LogP contribution in [0.1, 0.15) is 30.9 Å². The standard InChI is InChI=1S/C15H24N2O2/c1-5-6-7-19-13-8-11(2)15(12(3)9-13)17(4)14(18)10-16/h8-9H,5-7,10,16H2,1-4H3. The number of nitrogens with zero attached hydrogens (tertiary/aromatic N) is 1. The van der Waals surface area contributed by atoms with Crippen LogP contribution in [0.4, 0.5) is 5.69 Å². The molecular formula is C15H24N2O2. The molecule has 0 aliphatic heterocycles. The van der Waals surface area contributed by atoms with Crippen molar-refractivity contribution in [2.75, 3.05) is 25.1 Å². The molecule has 4 heteroatoms. The van der Waals surface area contributed by atoms with Gasteiger partial charge in [0.1, 0.15) is 5.75 Å². The molecule has 1 aromatic carbocycles. The van der Waals surface area contributed by atoms with Gasteiger partial charge in [0.05, 0.1) is 13.2 Å². The zero-order valence-corrected chi connectivity index (χ0v) is 12.3. The second-order valence-electron chi connectivity index (χ2n) is 4.76. The van der Waals surface area contributed by atoms with E-state index in [1.165, 1.54) is 0 Å². The Labute approximate surface area is 115 Å². The molecule has 1 rings (SSSR count). The Hall–Kier alpha value is -1.55. The molecule has 0 fully saturated rings. The van der Waals surface area contributed by atoms with Gasteiger partial charge in [-0.1, -0.05) is 13.3 Å². The van der Waals surface area contributed by atoms with Crippen molar-refractivity contribution in [3.05, 3.63) is 23.3 Å². The highest BCUT2D eigenvalue weighted by Gasteiger charge is 2.15. The lowest BCUT2D eigenvalue weighted by Gasteiger charge is -2.22. The monoisotopic (exact) mass is 264 g/mol. The number of amides is 1. The van der Waals surface area contributed by atoms with Gasteiger partial charge >= 0.3 is 0 Å². The van der Waals surface area contributed by atoms with Crippen molar-refractivity contribution in [1.29, 1.82) is 0 Å². The molecule has 0 bridgehead atoms. The summed E-state index contributed by atoms with van der Waals surface area (Å²) in [5, 5.41) is 0. The molecule has 2 N–H and O–H groups in total. The molecule has 19 heavy (non-hydrogen) atoms. The molecule has 0 saturated carbocycles. The largest absolute Gasteiger partial charge is 0.494 e. The number of aryl methyl sites for hydroxylation is 2. The number of rotatable bonds is 6. The van der Waals surface area contributed by atoms with Crippen LogP contribution in [0.2, 0.25) is 0 Å². The molecule has 4 nitrogen and oxygen atoms in total. The van der Waals surface area contributed by atoms with Gasteiger partial charge in [-0.05, 0) is 43.5 Å². The van der Waals surface area contributed by atoms with Crippen LogP contribution in [0.5, 0.6) is 5.75 Å². The predicted molar refractivity (Wildman–Crippen MR) is 78.8 cm³/mol. The summed E-state index contributed by atoms with van der Waals surface area (Å²) in [6.07, 6.45) is 2.16. The second-order valence-corrected chi connectivity index (χ2v) is 4.76. The maximum absolute atomic E-state index is 11.7. The Morgan fingerprint density at radius 2 is 1.89 bits per heavy atom. The van der Waals surface area contributed by atoms with Crippen molar-refractivity contribution in [1.82, 2.24) is 0 Å². The first-order valence-electron chi connectivity index (χ1n) is 6.71. The summed E-state index contributed by atoms with van der Waals surface area (Å²) >= 11 is 0. The van der Waals surface area contributed by atoms with E-state index in [0.717, 1.165) is 42.0 Å². The van der Waals surface area contributed by atoms with Crippen LogP contribution in [-0.4, -0.2) is 26.1 Å². The summed E-state index contributed by atoms with van der Waals surface area (Å²) in [6, 6.07) is 3.94. The third-order valence-corrected chi connectivity index (χ3v) is 3.12. The normalized spacial score (nSPS) is 10.4. The molecule has 0 saturated heterocycles. The van der Waals surface area contributed by atoms with Crippen molar-refractivity contribution >= 4 is 11.6 Å². The second kappa shape index (κ2) is 7.14. The minimum atomic E-state index is -0.0918. The molecule has 0 unspecified atom stereocenters. The maximum Gasteiger partial charge on any atom is 0.240 e. The molecule has 1 aromatic rings. The minimum absolute atomic E-state index is 0.0180. The van der Waals surface area contributed by atoms with E-state index in [9.17, 15) is 4.79 Å². The van der Waals surface area contributed by atoms with E-state index < -0.39 is 0 Å². The first-order chi connectivity index (χ1) is 9.01. The number of nitrogens with two attached hydrogens (primary N) is 1. The van der Waals surface area contributed by atoms with E-state index in [1.54, 1.807) is 11.9 Å². The van der Waals surface area contributed by atoms with Crippen molar-refractivity contribution in [3.63, 3.8) is 0 Å². The highest BCUT2D eigenvalue weighted by atomic mass is 16.5. The van der Waals surface area contributed by atoms with E-state index in [2.05, 4.69) is 6.92 Å². The van der Waals surface area contributed by atoms with Gasteiger partial charge in [-0.25, -0.2) is 0 Å². The molecule has 0 heterocycles. The highest BCUT2D eigenvalue weighted by molar-refractivity contribution is 5.95. The van der Waals surface area contributed by atoms with Gasteiger partial charge in [0, 0.05) is 12.7 Å². The van der Waals surface area contributed by atoms with Crippen molar-refractivity contribution in [2.45, 2.75) is 33.6 Å². The van der Waals surface area contributed by atoms with Gasteiger partial charge < -0.3 is 15.4 Å². The lowest BCUT2D eigenvalue weighted by atomic mass is 10.1. The lowest BCUT2D eigenvalue weighted by molar-refractivity contribution is -0.117. The molecule has 1 amide bonds. The highest BCUT2D eigenvalue weighted by Crippen LogP contribution is 2.29. The van der Waals surface area contributed by atoms with E-state index in [1.807, 2.05) is 26.0 Å². The SMILES string of the molecule is CCCCOc1cc(C)c(N(C)C(=O)CN)c(C)c1. The fraction of sp³-hybridized carbons (Fsp3) is 0.533. The van der Waals surface area contributed by atoms with Crippen LogP contribution in [0, 0.1) is 13.8 Å². The fourth-order valence-electron chi connectivity index (χ4n) is 2.12. The van der Waals surface area contributed by atoms with E-state index in [0.29, 0.717) is 0 Å². The predicted octanol–water partition coefficient (Wildman–Crippen LogP) is 2.40. The molecule has 0 aliphatic carbocycles. The Morgan fingerprint density at radius 3 is 2.37 bits per heavy atom. The zero-order chi connectivity index (χ0) is 14.4. The Kier molecular flexibility index (Phi) is 5.83.